The van der Waals surface area contributed by atoms with Gasteiger partial charge < -0.3 is 16.9 Å². The molecule has 15 heavy (non-hydrogen) atoms. The highest BCUT2D eigenvalue weighted by molar-refractivity contribution is 6.01. The largest absolute Gasteiger partial charge is 0.383 e. The summed E-state index contributed by atoms with van der Waals surface area (Å²) in [4.78, 5) is 7.52. The summed E-state index contributed by atoms with van der Waals surface area (Å²) >= 11 is 0. The molecule has 80 valence electrons. The number of aromatic nitrogens is 1. The summed E-state index contributed by atoms with van der Waals surface area (Å²) in [6.07, 6.45) is 1.17. The number of halogens is 1. The Hall–Kier alpha value is -1.98. The zero-order valence-corrected chi connectivity index (χ0v) is 8.29. The molecule has 1 heterocycles. The first kappa shape index (κ1) is 11.1. The smallest absolute Gasteiger partial charge is 0.145 e. The van der Waals surface area contributed by atoms with Gasteiger partial charge in [-0.15, -0.1) is 0 Å². The van der Waals surface area contributed by atoms with Gasteiger partial charge in [-0.1, -0.05) is 0 Å². The zero-order valence-electron chi connectivity index (χ0n) is 8.29. The molecular formula is C9H12FN5. The lowest BCUT2D eigenvalue weighted by Crippen LogP contribution is -2.17. The summed E-state index contributed by atoms with van der Waals surface area (Å²) in [5.74, 6) is -0.272. The summed E-state index contributed by atoms with van der Waals surface area (Å²) in [6, 6.07) is 1.18. The van der Waals surface area contributed by atoms with Gasteiger partial charge in [0.2, 0.25) is 0 Å². The van der Waals surface area contributed by atoms with Crippen molar-refractivity contribution < 1.29 is 4.39 Å². The fourth-order valence-corrected chi connectivity index (χ4v) is 1.11. The fraction of sp³-hybridized carbons (Fsp3) is 0.222. The number of nitrogens with zero attached hydrogens (tertiary/aromatic N) is 2. The monoisotopic (exact) mass is 209 g/mol. The average Bonchev–Trinajstić information content (AvgIpc) is 2.22. The number of nitrogen functional groups attached to an aromatic ring is 1. The van der Waals surface area contributed by atoms with Crippen LogP contribution < -0.4 is 11.5 Å². The quantitative estimate of drug-likeness (QED) is 0.494. The molecule has 0 saturated heterocycles. The molecule has 0 aromatic carbocycles. The second kappa shape index (κ2) is 4.50. The summed E-state index contributed by atoms with van der Waals surface area (Å²) < 4.78 is 13.4. The molecule has 0 spiro atoms. The van der Waals surface area contributed by atoms with Crippen molar-refractivity contribution in [2.24, 2.45) is 10.7 Å². The van der Waals surface area contributed by atoms with E-state index in [1.54, 1.807) is 0 Å². The molecule has 6 heteroatoms. The van der Waals surface area contributed by atoms with Crippen molar-refractivity contribution >= 4 is 17.9 Å². The summed E-state index contributed by atoms with van der Waals surface area (Å²) in [7, 11) is 1.48. The lowest BCUT2D eigenvalue weighted by atomic mass is 10.2. The van der Waals surface area contributed by atoms with Crippen molar-refractivity contribution in [2.75, 3.05) is 12.8 Å². The SMILES string of the molecule is CN=C(N)c1cc(F)c(CC=N)nc1N. The molecule has 0 bridgehead atoms. The van der Waals surface area contributed by atoms with Gasteiger partial charge in [-0.25, -0.2) is 9.37 Å². The number of hydrogen-bond acceptors (Lipinski definition) is 4. The third-order valence-electron chi connectivity index (χ3n) is 1.89. The van der Waals surface area contributed by atoms with E-state index >= 15 is 0 Å². The van der Waals surface area contributed by atoms with Crippen LogP contribution in [0.1, 0.15) is 11.3 Å². The van der Waals surface area contributed by atoms with Crippen LogP contribution in [0.2, 0.25) is 0 Å². The number of pyridine rings is 1. The second-order valence-electron chi connectivity index (χ2n) is 2.87. The molecule has 0 aliphatic heterocycles. The van der Waals surface area contributed by atoms with Crippen LogP contribution in [0.4, 0.5) is 10.2 Å². The summed E-state index contributed by atoms with van der Waals surface area (Å²) in [5, 5.41) is 6.86. The van der Waals surface area contributed by atoms with E-state index in [9.17, 15) is 4.39 Å². The molecule has 5 N–H and O–H groups in total. The molecule has 0 unspecified atom stereocenters. The van der Waals surface area contributed by atoms with Gasteiger partial charge in [0, 0.05) is 19.7 Å². The molecule has 1 aromatic rings. The van der Waals surface area contributed by atoms with Crippen LogP contribution >= 0.6 is 0 Å². The van der Waals surface area contributed by atoms with Gasteiger partial charge in [0.25, 0.3) is 0 Å². The predicted octanol–water partition coefficient (Wildman–Crippen LogP) is 0.330. The van der Waals surface area contributed by atoms with Crippen LogP contribution in [0.15, 0.2) is 11.1 Å². The Morgan fingerprint density at radius 1 is 1.73 bits per heavy atom. The normalized spacial score (nSPS) is 11.5. The third kappa shape index (κ3) is 2.28. The maximum atomic E-state index is 13.4. The molecule has 0 fully saturated rings. The van der Waals surface area contributed by atoms with E-state index in [0.717, 1.165) is 6.21 Å². The molecule has 1 rings (SSSR count). The number of amidine groups is 1. The van der Waals surface area contributed by atoms with Crippen molar-refractivity contribution in [3.63, 3.8) is 0 Å². The van der Waals surface area contributed by atoms with Crippen LogP contribution in [0.3, 0.4) is 0 Å². The summed E-state index contributed by atoms with van der Waals surface area (Å²) in [6.45, 7) is 0. The summed E-state index contributed by atoms with van der Waals surface area (Å²) in [5.41, 5.74) is 11.5. The average molecular weight is 209 g/mol. The first-order chi connectivity index (χ1) is 7.10. The molecular weight excluding hydrogens is 197 g/mol. The Labute approximate surface area is 86.5 Å². The first-order valence-electron chi connectivity index (χ1n) is 4.26. The first-order valence-corrected chi connectivity index (χ1v) is 4.26. The topological polar surface area (TPSA) is 101 Å². The Morgan fingerprint density at radius 2 is 2.40 bits per heavy atom. The highest BCUT2D eigenvalue weighted by Crippen LogP contribution is 2.14. The Balaban J connectivity index is 3.25. The van der Waals surface area contributed by atoms with Crippen LogP contribution in [0.5, 0.6) is 0 Å². The van der Waals surface area contributed by atoms with E-state index in [4.69, 9.17) is 16.9 Å². The number of rotatable bonds is 3. The number of nitrogens with one attached hydrogen (secondary N) is 1. The van der Waals surface area contributed by atoms with E-state index < -0.39 is 5.82 Å². The van der Waals surface area contributed by atoms with Crippen LogP contribution in [-0.4, -0.2) is 24.1 Å². The van der Waals surface area contributed by atoms with E-state index in [1.165, 1.54) is 13.1 Å². The Bertz CT molecular complexity index is 413. The molecule has 0 saturated carbocycles. The molecule has 1 aromatic heterocycles. The van der Waals surface area contributed by atoms with Gasteiger partial charge in [0.1, 0.15) is 17.5 Å². The maximum Gasteiger partial charge on any atom is 0.145 e. The standard InChI is InChI=1S/C9H12FN5/c1-14-8(12)5-4-6(10)7(2-3-11)15-9(5)13/h3-4,11H,2H2,1H3,(H2,12,14)(H2,13,15). The highest BCUT2D eigenvalue weighted by Gasteiger charge is 2.11. The van der Waals surface area contributed by atoms with Crippen molar-refractivity contribution in [2.45, 2.75) is 6.42 Å². The van der Waals surface area contributed by atoms with Gasteiger partial charge in [0.15, 0.2) is 0 Å². The van der Waals surface area contributed by atoms with Gasteiger partial charge in [-0.05, 0) is 6.07 Å². The number of hydrogen-bond donors (Lipinski definition) is 3. The molecule has 0 aliphatic rings. The lowest BCUT2D eigenvalue weighted by Gasteiger charge is -2.06. The van der Waals surface area contributed by atoms with Crippen molar-refractivity contribution in [1.29, 1.82) is 5.41 Å². The Kier molecular flexibility index (Phi) is 3.33. The second-order valence-corrected chi connectivity index (χ2v) is 2.87. The molecule has 0 amide bonds. The Morgan fingerprint density at radius 3 is 2.93 bits per heavy atom. The predicted molar refractivity (Wildman–Crippen MR) is 57.7 cm³/mol. The van der Waals surface area contributed by atoms with Crippen LogP contribution in [0.25, 0.3) is 0 Å². The maximum absolute atomic E-state index is 13.4. The van der Waals surface area contributed by atoms with Gasteiger partial charge in [0.05, 0.1) is 11.3 Å². The number of nitrogens with two attached hydrogens (primary N) is 2. The number of anilines is 1. The van der Waals surface area contributed by atoms with Crippen molar-refractivity contribution in [1.82, 2.24) is 4.98 Å². The van der Waals surface area contributed by atoms with Crippen LogP contribution in [-0.2, 0) is 6.42 Å². The zero-order chi connectivity index (χ0) is 11.4. The van der Waals surface area contributed by atoms with E-state index in [-0.39, 0.29) is 29.3 Å². The molecule has 0 aliphatic carbocycles. The molecule has 0 radical (unpaired) electrons. The van der Waals surface area contributed by atoms with Crippen molar-refractivity contribution in [3.05, 3.63) is 23.1 Å². The minimum Gasteiger partial charge on any atom is -0.383 e. The van der Waals surface area contributed by atoms with E-state index in [1.807, 2.05) is 0 Å². The number of aliphatic imine (C=N–C) groups is 1. The van der Waals surface area contributed by atoms with Crippen LogP contribution in [0, 0.1) is 11.2 Å². The minimum absolute atomic E-state index is 0.111. The third-order valence-corrected chi connectivity index (χ3v) is 1.89. The van der Waals surface area contributed by atoms with Gasteiger partial charge >= 0.3 is 0 Å². The van der Waals surface area contributed by atoms with Gasteiger partial charge in [-0.3, -0.25) is 4.99 Å². The van der Waals surface area contributed by atoms with E-state index in [0.29, 0.717) is 0 Å². The molecule has 0 atom stereocenters. The van der Waals surface area contributed by atoms with Crippen molar-refractivity contribution in [3.8, 4) is 0 Å². The highest BCUT2D eigenvalue weighted by atomic mass is 19.1. The molecule has 5 nitrogen and oxygen atoms in total. The fourth-order valence-electron chi connectivity index (χ4n) is 1.11. The van der Waals surface area contributed by atoms with E-state index in [2.05, 4.69) is 9.98 Å². The lowest BCUT2D eigenvalue weighted by molar-refractivity contribution is 0.607. The van der Waals surface area contributed by atoms with Gasteiger partial charge in [-0.2, -0.15) is 0 Å². The minimum atomic E-state index is -0.533.